The fourth-order valence-electron chi connectivity index (χ4n) is 7.93. The van der Waals surface area contributed by atoms with Gasteiger partial charge >= 0.3 is 0 Å². The Morgan fingerprint density at radius 3 is 1.67 bits per heavy atom. The predicted octanol–water partition coefficient (Wildman–Crippen LogP) is 14.2. The molecule has 0 radical (unpaired) electrons. The molecule has 3 heterocycles. The van der Waals surface area contributed by atoms with Gasteiger partial charge in [-0.05, 0) is 71.8 Å². The largest absolute Gasteiger partial charge is 0.456 e. The van der Waals surface area contributed by atoms with E-state index in [0.29, 0.717) is 0 Å². The van der Waals surface area contributed by atoms with Gasteiger partial charge in [0.1, 0.15) is 33.5 Å². The zero-order valence-corrected chi connectivity index (χ0v) is 27.9. The van der Waals surface area contributed by atoms with E-state index in [1.54, 1.807) is 0 Å². The second-order valence-electron chi connectivity index (χ2n) is 13.2. The molecule has 0 spiro atoms. The number of furan rings is 3. The van der Waals surface area contributed by atoms with Gasteiger partial charge in [0.05, 0.1) is 0 Å². The van der Waals surface area contributed by atoms with Crippen molar-refractivity contribution in [1.29, 1.82) is 0 Å². The summed E-state index contributed by atoms with van der Waals surface area (Å²) in [6.45, 7) is 0. The van der Waals surface area contributed by atoms with Crippen LogP contribution in [0.3, 0.4) is 0 Å². The summed E-state index contributed by atoms with van der Waals surface area (Å²) in [7, 11) is 0. The topological polar surface area (TPSA) is 42.7 Å². The highest BCUT2D eigenvalue weighted by Gasteiger charge is 2.20. The molecule has 0 aliphatic rings. The summed E-state index contributed by atoms with van der Waals surface area (Å²) in [5.41, 5.74) is 12.5. The van der Waals surface area contributed by atoms with E-state index < -0.39 is 0 Å². The maximum Gasteiger partial charge on any atom is 0.143 e. The van der Waals surface area contributed by atoms with Gasteiger partial charge in [0, 0.05) is 66.6 Å². The minimum Gasteiger partial charge on any atom is -0.456 e. The number of anilines is 3. The van der Waals surface area contributed by atoms with Crippen LogP contribution in [-0.2, 0) is 0 Å². The van der Waals surface area contributed by atoms with Crippen molar-refractivity contribution in [3.05, 3.63) is 176 Å². The molecule has 0 saturated heterocycles. The summed E-state index contributed by atoms with van der Waals surface area (Å²) in [5.74, 6) is 0. The lowest BCUT2D eigenvalue weighted by atomic mass is 9.96. The number of nitrogens with zero attached hydrogens (tertiary/aromatic N) is 1. The first kappa shape index (κ1) is 28.8. The maximum absolute atomic E-state index is 6.70. The fourth-order valence-corrected chi connectivity index (χ4v) is 7.93. The van der Waals surface area contributed by atoms with Gasteiger partial charge in [-0.15, -0.1) is 0 Å². The van der Waals surface area contributed by atoms with Crippen LogP contribution in [0.5, 0.6) is 0 Å². The predicted molar refractivity (Wildman–Crippen MR) is 214 cm³/mol. The van der Waals surface area contributed by atoms with Crippen LogP contribution in [0.25, 0.3) is 88.1 Å². The number of hydrogen-bond donors (Lipinski definition) is 0. The van der Waals surface area contributed by atoms with Crippen molar-refractivity contribution in [3.63, 3.8) is 0 Å². The SMILES string of the molecule is c1ccc(N(c2ccccc2)c2ccc3c(c2)oc2cc(-c4cccc5c4oc4cccc(-c6cccc7c6oc6ccccc67)c45)ccc23)cc1. The normalized spacial score (nSPS) is 11.8. The smallest absolute Gasteiger partial charge is 0.143 e. The van der Waals surface area contributed by atoms with Crippen molar-refractivity contribution in [1.82, 2.24) is 0 Å². The zero-order valence-electron chi connectivity index (χ0n) is 27.9. The first-order valence-corrected chi connectivity index (χ1v) is 17.5. The third-order valence-corrected chi connectivity index (χ3v) is 10.3. The monoisotopic (exact) mass is 667 g/mol. The summed E-state index contributed by atoms with van der Waals surface area (Å²) in [4.78, 5) is 2.25. The molecule has 0 unspecified atom stereocenters. The van der Waals surface area contributed by atoms with Gasteiger partial charge in [0.2, 0.25) is 0 Å². The van der Waals surface area contributed by atoms with Gasteiger partial charge in [-0.1, -0.05) is 109 Å². The van der Waals surface area contributed by atoms with Crippen LogP contribution < -0.4 is 4.90 Å². The van der Waals surface area contributed by atoms with Crippen molar-refractivity contribution in [2.45, 2.75) is 0 Å². The van der Waals surface area contributed by atoms with E-state index in [4.69, 9.17) is 13.3 Å². The molecule has 0 bridgehead atoms. The highest BCUT2D eigenvalue weighted by Crippen LogP contribution is 2.45. The Balaban J connectivity index is 1.04. The second-order valence-corrected chi connectivity index (χ2v) is 13.2. The van der Waals surface area contributed by atoms with Crippen LogP contribution in [0.1, 0.15) is 0 Å². The van der Waals surface area contributed by atoms with Crippen LogP contribution in [0.15, 0.2) is 189 Å². The minimum absolute atomic E-state index is 0.834. The highest BCUT2D eigenvalue weighted by molar-refractivity contribution is 6.19. The Bertz CT molecular complexity index is 3090. The molecular formula is C48H29NO3. The highest BCUT2D eigenvalue weighted by atomic mass is 16.3. The van der Waals surface area contributed by atoms with E-state index in [0.717, 1.165) is 105 Å². The molecule has 11 rings (SSSR count). The minimum atomic E-state index is 0.834. The summed E-state index contributed by atoms with van der Waals surface area (Å²) in [5, 5.41) is 6.52. The van der Waals surface area contributed by atoms with Crippen molar-refractivity contribution in [2.75, 3.05) is 4.90 Å². The number of rotatable bonds is 5. The van der Waals surface area contributed by atoms with E-state index in [-0.39, 0.29) is 0 Å². The van der Waals surface area contributed by atoms with Crippen LogP contribution >= 0.6 is 0 Å². The first-order chi connectivity index (χ1) is 25.8. The van der Waals surface area contributed by atoms with Gasteiger partial charge in [0.25, 0.3) is 0 Å². The van der Waals surface area contributed by atoms with Gasteiger partial charge < -0.3 is 18.2 Å². The van der Waals surface area contributed by atoms with Crippen LogP contribution in [-0.4, -0.2) is 0 Å². The molecule has 3 aromatic heterocycles. The molecule has 0 aliphatic heterocycles. The van der Waals surface area contributed by atoms with Crippen LogP contribution in [0, 0.1) is 0 Å². The Morgan fingerprint density at radius 1 is 0.308 bits per heavy atom. The van der Waals surface area contributed by atoms with E-state index >= 15 is 0 Å². The Hall–Kier alpha value is -7.04. The Kier molecular flexibility index (Phi) is 6.22. The quantitative estimate of drug-likeness (QED) is 0.183. The van der Waals surface area contributed by atoms with Gasteiger partial charge in [-0.3, -0.25) is 0 Å². The Morgan fingerprint density at radius 2 is 0.865 bits per heavy atom. The summed E-state index contributed by atoms with van der Waals surface area (Å²) < 4.78 is 19.8. The molecule has 0 saturated carbocycles. The molecular weight excluding hydrogens is 639 g/mol. The third-order valence-electron chi connectivity index (χ3n) is 10.3. The van der Waals surface area contributed by atoms with Crippen molar-refractivity contribution in [3.8, 4) is 22.3 Å². The van der Waals surface area contributed by atoms with Crippen molar-refractivity contribution < 1.29 is 13.3 Å². The number of hydrogen-bond acceptors (Lipinski definition) is 4. The van der Waals surface area contributed by atoms with E-state index in [1.807, 2.05) is 24.3 Å². The second kappa shape index (κ2) is 11.2. The van der Waals surface area contributed by atoms with Gasteiger partial charge in [0.15, 0.2) is 0 Å². The van der Waals surface area contributed by atoms with Gasteiger partial charge in [-0.25, -0.2) is 0 Å². The molecule has 0 fully saturated rings. The van der Waals surface area contributed by atoms with Crippen molar-refractivity contribution in [2.24, 2.45) is 0 Å². The Labute approximate surface area is 298 Å². The fraction of sp³-hybridized carbons (Fsp3) is 0. The van der Waals surface area contributed by atoms with Crippen molar-refractivity contribution >= 4 is 82.9 Å². The molecule has 0 N–H and O–H groups in total. The third kappa shape index (κ3) is 4.34. The lowest BCUT2D eigenvalue weighted by molar-refractivity contribution is 0.668. The number of para-hydroxylation sites is 5. The van der Waals surface area contributed by atoms with Crippen LogP contribution in [0.2, 0.25) is 0 Å². The molecule has 11 aromatic rings. The standard InChI is InChI=1S/C48H29NO3/c1-3-12-31(13-4-1)49(32-14-5-2-6-15-32)33-25-27-37-36-26-24-30(28-44(36)50-45(37)29-33)34-17-9-21-41-46-38(18-11-23-43(46)52-47(34)41)40-20-10-19-39-35-16-7-8-22-42(35)51-48(39)40/h1-29H. The molecule has 0 amide bonds. The lowest BCUT2D eigenvalue weighted by Crippen LogP contribution is -2.09. The lowest BCUT2D eigenvalue weighted by Gasteiger charge is -2.25. The zero-order chi connectivity index (χ0) is 34.2. The molecule has 244 valence electrons. The summed E-state index contributed by atoms with van der Waals surface area (Å²) in [6, 6.07) is 61.1. The first-order valence-electron chi connectivity index (χ1n) is 17.5. The number of benzene rings is 8. The summed E-state index contributed by atoms with van der Waals surface area (Å²) in [6.07, 6.45) is 0. The number of fused-ring (bicyclic) bond motifs is 9. The molecule has 0 aliphatic carbocycles. The molecule has 4 nitrogen and oxygen atoms in total. The molecule has 0 atom stereocenters. The van der Waals surface area contributed by atoms with E-state index in [2.05, 4.69) is 157 Å². The average molecular weight is 668 g/mol. The molecule has 4 heteroatoms. The maximum atomic E-state index is 6.70. The van der Waals surface area contributed by atoms with Crippen LogP contribution in [0.4, 0.5) is 17.1 Å². The summed E-state index contributed by atoms with van der Waals surface area (Å²) >= 11 is 0. The van der Waals surface area contributed by atoms with E-state index in [1.165, 1.54) is 0 Å². The molecule has 52 heavy (non-hydrogen) atoms. The molecule has 8 aromatic carbocycles. The average Bonchev–Trinajstić information content (AvgIpc) is 3.89. The van der Waals surface area contributed by atoms with E-state index in [9.17, 15) is 0 Å². The van der Waals surface area contributed by atoms with Gasteiger partial charge in [-0.2, -0.15) is 0 Å².